The van der Waals surface area contributed by atoms with Crippen molar-refractivity contribution in [1.82, 2.24) is 23.9 Å². The van der Waals surface area contributed by atoms with Crippen molar-refractivity contribution in [2.75, 3.05) is 0 Å². The summed E-state index contributed by atoms with van der Waals surface area (Å²) in [5.41, 5.74) is 3.36. The summed E-state index contributed by atoms with van der Waals surface area (Å²) in [4.78, 5) is 31.4. The minimum absolute atomic E-state index is 0.0474. The number of benzene rings is 2. The minimum Gasteiger partial charge on any atom is -0.493 e. The topological polar surface area (TPSA) is 94.9 Å². The van der Waals surface area contributed by atoms with Crippen LogP contribution in [0.15, 0.2) is 76.6 Å². The van der Waals surface area contributed by atoms with E-state index < -0.39 is 17.3 Å². The molecule has 1 aliphatic carbocycles. The number of nitrogens with zero attached hydrogens (tertiary/aromatic N) is 5. The van der Waals surface area contributed by atoms with Gasteiger partial charge in [0, 0.05) is 31.4 Å². The Hall–Kier alpha value is -4.79. The van der Waals surface area contributed by atoms with E-state index in [0.717, 1.165) is 29.7 Å². The van der Waals surface area contributed by atoms with E-state index in [1.54, 1.807) is 36.0 Å². The molecule has 0 radical (unpaired) electrons. The van der Waals surface area contributed by atoms with Crippen molar-refractivity contribution in [2.24, 2.45) is 7.05 Å². The van der Waals surface area contributed by atoms with Gasteiger partial charge in [0.25, 0.3) is 11.1 Å². The predicted molar refractivity (Wildman–Crippen MR) is 160 cm³/mol. The van der Waals surface area contributed by atoms with Crippen LogP contribution in [-0.4, -0.2) is 29.0 Å². The Balaban J connectivity index is 1.50. The first-order chi connectivity index (χ1) is 20.3. The third-order valence-corrected chi connectivity index (χ3v) is 7.93. The van der Waals surface area contributed by atoms with Crippen LogP contribution in [0.1, 0.15) is 55.0 Å². The Morgan fingerprint density at radius 1 is 0.929 bits per heavy atom. The summed E-state index contributed by atoms with van der Waals surface area (Å²) in [6.07, 6.45) is 6.93. The second kappa shape index (κ2) is 10.9. The lowest BCUT2D eigenvalue weighted by atomic mass is 10.00. The Morgan fingerprint density at radius 2 is 1.67 bits per heavy atom. The largest absolute Gasteiger partial charge is 0.493 e. The zero-order valence-corrected chi connectivity index (χ0v) is 23.8. The first-order valence-electron chi connectivity index (χ1n) is 14.3. The Kier molecular flexibility index (Phi) is 7.10. The molecule has 8 nitrogen and oxygen atoms in total. The highest BCUT2D eigenvalue weighted by Crippen LogP contribution is 2.35. The van der Waals surface area contributed by atoms with Crippen molar-refractivity contribution in [1.29, 1.82) is 0 Å². The lowest BCUT2D eigenvalue weighted by Gasteiger charge is -2.19. The van der Waals surface area contributed by atoms with Gasteiger partial charge >= 0.3 is 0 Å². The molecule has 0 unspecified atom stereocenters. The van der Waals surface area contributed by atoms with E-state index in [0.29, 0.717) is 30.1 Å². The van der Waals surface area contributed by atoms with Gasteiger partial charge in [0.15, 0.2) is 5.82 Å². The molecular weight excluding hydrogens is 533 g/mol. The molecule has 2 aromatic carbocycles. The molecule has 3 aromatic heterocycles. The fraction of sp³-hybridized carbons (Fsp3) is 0.273. The molecule has 0 bridgehead atoms. The number of aryl methyl sites for hydroxylation is 3. The SMILES string of the molecule is CCc1cccc(CC)c1-n1c(-c2ccn(C3CC3)n2)nc(O)c(Cc2ccc(-c3cccn(C)c3=O)c(F)c2)c1=O. The maximum Gasteiger partial charge on any atom is 0.265 e. The fourth-order valence-electron chi connectivity index (χ4n) is 5.47. The molecule has 1 N–H and O–H groups in total. The molecular formula is C33H32FN5O3. The van der Waals surface area contributed by atoms with Gasteiger partial charge < -0.3 is 9.67 Å². The molecule has 6 rings (SSSR count). The average Bonchev–Trinajstić information content (AvgIpc) is 3.72. The number of aromatic nitrogens is 5. The van der Waals surface area contributed by atoms with Crippen LogP contribution in [0.3, 0.4) is 0 Å². The second-order valence-corrected chi connectivity index (χ2v) is 10.8. The van der Waals surface area contributed by atoms with Gasteiger partial charge in [0.1, 0.15) is 11.5 Å². The van der Waals surface area contributed by atoms with Gasteiger partial charge in [-0.3, -0.25) is 18.8 Å². The molecule has 0 atom stereocenters. The summed E-state index contributed by atoms with van der Waals surface area (Å²) in [5, 5.41) is 15.8. The van der Waals surface area contributed by atoms with Gasteiger partial charge in [0.05, 0.1) is 22.9 Å². The Bertz CT molecular complexity index is 1910. The van der Waals surface area contributed by atoms with Crippen LogP contribution in [0.25, 0.3) is 28.3 Å². The van der Waals surface area contributed by atoms with Crippen LogP contribution >= 0.6 is 0 Å². The average molecular weight is 566 g/mol. The molecule has 42 heavy (non-hydrogen) atoms. The van der Waals surface area contributed by atoms with E-state index in [2.05, 4.69) is 4.98 Å². The number of aromatic hydroxyl groups is 1. The molecule has 0 amide bonds. The van der Waals surface area contributed by atoms with E-state index in [9.17, 15) is 14.7 Å². The first-order valence-corrected chi connectivity index (χ1v) is 14.3. The highest BCUT2D eigenvalue weighted by Gasteiger charge is 2.27. The maximum atomic E-state index is 15.3. The van der Waals surface area contributed by atoms with Crippen molar-refractivity contribution < 1.29 is 9.50 Å². The highest BCUT2D eigenvalue weighted by molar-refractivity contribution is 5.64. The predicted octanol–water partition coefficient (Wildman–Crippen LogP) is 5.36. The summed E-state index contributed by atoms with van der Waals surface area (Å²) in [6, 6.07) is 15.9. The summed E-state index contributed by atoms with van der Waals surface area (Å²) in [5.74, 6) is -0.742. The van der Waals surface area contributed by atoms with Crippen LogP contribution in [0.4, 0.5) is 4.39 Å². The van der Waals surface area contributed by atoms with Gasteiger partial charge in [-0.1, -0.05) is 44.2 Å². The van der Waals surface area contributed by atoms with Crippen LogP contribution in [0.5, 0.6) is 5.88 Å². The van der Waals surface area contributed by atoms with E-state index in [4.69, 9.17) is 5.10 Å². The number of rotatable bonds is 8. The van der Waals surface area contributed by atoms with Crippen molar-refractivity contribution in [3.8, 4) is 34.2 Å². The van der Waals surface area contributed by atoms with Crippen LogP contribution in [0, 0.1) is 5.82 Å². The van der Waals surface area contributed by atoms with Crippen LogP contribution < -0.4 is 11.1 Å². The minimum atomic E-state index is -0.588. The first kappa shape index (κ1) is 27.4. The van der Waals surface area contributed by atoms with Gasteiger partial charge in [-0.2, -0.15) is 10.1 Å². The lowest BCUT2D eigenvalue weighted by molar-refractivity contribution is 0.443. The van der Waals surface area contributed by atoms with Crippen molar-refractivity contribution in [3.05, 3.63) is 116 Å². The third kappa shape index (κ3) is 4.85. The fourth-order valence-corrected chi connectivity index (χ4v) is 5.47. The monoisotopic (exact) mass is 565 g/mol. The molecule has 9 heteroatoms. The van der Waals surface area contributed by atoms with E-state index in [1.165, 1.54) is 16.7 Å². The summed E-state index contributed by atoms with van der Waals surface area (Å²) >= 11 is 0. The lowest BCUT2D eigenvalue weighted by Crippen LogP contribution is -2.27. The van der Waals surface area contributed by atoms with E-state index >= 15 is 4.39 Å². The van der Waals surface area contributed by atoms with Crippen molar-refractivity contribution >= 4 is 0 Å². The van der Waals surface area contributed by atoms with Gasteiger partial charge in [0.2, 0.25) is 5.88 Å². The number of para-hydroxylation sites is 1. The molecule has 1 fully saturated rings. The highest BCUT2D eigenvalue weighted by atomic mass is 19.1. The van der Waals surface area contributed by atoms with Gasteiger partial charge in [-0.15, -0.1) is 0 Å². The Labute approximate surface area is 242 Å². The normalized spacial score (nSPS) is 13.0. The third-order valence-electron chi connectivity index (χ3n) is 7.93. The molecule has 214 valence electrons. The molecule has 0 saturated heterocycles. The molecule has 3 heterocycles. The quantitative estimate of drug-likeness (QED) is 0.274. The molecule has 1 aliphatic rings. The summed E-state index contributed by atoms with van der Waals surface area (Å²) in [6.45, 7) is 4.06. The van der Waals surface area contributed by atoms with E-state index in [1.807, 2.05) is 49.0 Å². The van der Waals surface area contributed by atoms with Gasteiger partial charge in [-0.25, -0.2) is 4.39 Å². The maximum absolute atomic E-state index is 15.3. The van der Waals surface area contributed by atoms with Crippen LogP contribution in [0.2, 0.25) is 0 Å². The van der Waals surface area contributed by atoms with Crippen LogP contribution in [-0.2, 0) is 26.3 Å². The molecule has 0 spiro atoms. The zero-order chi connectivity index (χ0) is 29.5. The molecule has 5 aromatic rings. The number of hydrogen-bond donors (Lipinski definition) is 1. The number of halogens is 1. The van der Waals surface area contributed by atoms with E-state index in [-0.39, 0.29) is 34.5 Å². The zero-order valence-electron chi connectivity index (χ0n) is 23.8. The number of hydrogen-bond acceptors (Lipinski definition) is 5. The smallest absolute Gasteiger partial charge is 0.265 e. The Morgan fingerprint density at radius 3 is 2.33 bits per heavy atom. The molecule has 1 saturated carbocycles. The van der Waals surface area contributed by atoms with Crippen molar-refractivity contribution in [2.45, 2.75) is 52.0 Å². The van der Waals surface area contributed by atoms with Crippen molar-refractivity contribution in [3.63, 3.8) is 0 Å². The summed E-state index contributed by atoms with van der Waals surface area (Å²) < 4.78 is 20.2. The number of pyridine rings is 1. The molecule has 0 aliphatic heterocycles. The van der Waals surface area contributed by atoms with Gasteiger partial charge in [-0.05, 0) is 66.6 Å². The second-order valence-electron chi connectivity index (χ2n) is 10.8. The summed E-state index contributed by atoms with van der Waals surface area (Å²) in [7, 11) is 1.61. The standard InChI is InChI=1S/C33H32FN5O3/c1-4-21-8-6-9-22(5-2)29(21)39-30(28-15-17-38(36-28)23-12-13-23)35-31(40)26(33(39)42)18-20-11-14-24(27(34)19-20)25-10-7-16-37(3)32(25)41/h6-11,14-17,19,23,40H,4-5,12-13,18H2,1-3H3.